The molecule has 0 aliphatic heterocycles. The third-order valence-corrected chi connectivity index (χ3v) is 6.11. The Labute approximate surface area is 182 Å². The van der Waals surface area contributed by atoms with Gasteiger partial charge < -0.3 is 5.32 Å². The van der Waals surface area contributed by atoms with Crippen molar-refractivity contribution in [3.05, 3.63) is 70.6 Å². The van der Waals surface area contributed by atoms with Gasteiger partial charge >= 0.3 is 0 Å². The lowest BCUT2D eigenvalue weighted by atomic mass is 9.96. The van der Waals surface area contributed by atoms with Crippen LogP contribution in [0.15, 0.2) is 48.5 Å². The molecule has 0 spiro atoms. The summed E-state index contributed by atoms with van der Waals surface area (Å²) in [6.45, 7) is 1.09. The van der Waals surface area contributed by atoms with Crippen molar-refractivity contribution < 1.29 is 4.39 Å². The van der Waals surface area contributed by atoms with E-state index in [1.807, 2.05) is 18.2 Å². The van der Waals surface area contributed by atoms with Gasteiger partial charge in [-0.25, -0.2) is 4.39 Å². The van der Waals surface area contributed by atoms with Crippen LogP contribution < -0.4 is 5.32 Å². The standard InChI is InChI=1S/C24H28ClFN4/c25-22-15-20(26)14-13-19(22)17-30-28-23(24(29-30)18-9-5-4-6-10-18)16-27-21-11-7-2-1-3-8-12-21/h4-6,9-10,13-15,21,27H,1-3,7-8,11-12,16-17H2. The first-order chi connectivity index (χ1) is 14.7. The SMILES string of the molecule is Fc1ccc(Cn2nc(CNC3CCCCCCC3)c(-c3ccccc3)n2)c(Cl)c1. The molecule has 30 heavy (non-hydrogen) atoms. The van der Waals surface area contributed by atoms with Gasteiger partial charge in [0.15, 0.2) is 0 Å². The van der Waals surface area contributed by atoms with Gasteiger partial charge in [-0.2, -0.15) is 15.0 Å². The molecule has 1 N–H and O–H groups in total. The summed E-state index contributed by atoms with van der Waals surface area (Å²) in [4.78, 5) is 1.66. The van der Waals surface area contributed by atoms with Crippen molar-refractivity contribution in [1.82, 2.24) is 20.3 Å². The van der Waals surface area contributed by atoms with E-state index in [9.17, 15) is 4.39 Å². The monoisotopic (exact) mass is 426 g/mol. The zero-order valence-electron chi connectivity index (χ0n) is 17.2. The van der Waals surface area contributed by atoms with Gasteiger partial charge in [0, 0.05) is 23.2 Å². The van der Waals surface area contributed by atoms with Crippen molar-refractivity contribution in [1.29, 1.82) is 0 Å². The molecule has 1 aliphatic rings. The molecule has 4 rings (SSSR count). The van der Waals surface area contributed by atoms with E-state index in [0.29, 0.717) is 24.2 Å². The van der Waals surface area contributed by atoms with Crippen LogP contribution in [0.25, 0.3) is 11.3 Å². The summed E-state index contributed by atoms with van der Waals surface area (Å²) in [5.74, 6) is -0.341. The Bertz CT molecular complexity index is 949. The molecular formula is C24H28ClFN4. The van der Waals surface area contributed by atoms with Gasteiger partial charge in [0.2, 0.25) is 0 Å². The minimum Gasteiger partial charge on any atom is -0.308 e. The zero-order valence-corrected chi connectivity index (χ0v) is 17.9. The maximum absolute atomic E-state index is 13.4. The van der Waals surface area contributed by atoms with Crippen molar-refractivity contribution in [2.45, 2.75) is 64.1 Å². The number of halogens is 2. The molecule has 0 amide bonds. The van der Waals surface area contributed by atoms with E-state index in [1.54, 1.807) is 10.9 Å². The van der Waals surface area contributed by atoms with E-state index in [4.69, 9.17) is 21.8 Å². The summed E-state index contributed by atoms with van der Waals surface area (Å²) in [7, 11) is 0. The number of aromatic nitrogens is 3. The Morgan fingerprint density at radius 1 is 0.967 bits per heavy atom. The topological polar surface area (TPSA) is 42.7 Å². The quantitative estimate of drug-likeness (QED) is 0.526. The molecule has 1 fully saturated rings. The summed E-state index contributed by atoms with van der Waals surface area (Å²) in [5.41, 5.74) is 3.66. The molecule has 0 radical (unpaired) electrons. The summed E-state index contributed by atoms with van der Waals surface area (Å²) in [6.07, 6.45) is 9.06. The van der Waals surface area contributed by atoms with Crippen LogP contribution in [-0.2, 0) is 13.1 Å². The lowest BCUT2D eigenvalue weighted by Gasteiger charge is -2.20. The highest BCUT2D eigenvalue weighted by Crippen LogP contribution is 2.23. The van der Waals surface area contributed by atoms with Crippen LogP contribution in [0, 0.1) is 5.82 Å². The van der Waals surface area contributed by atoms with Gasteiger partial charge in [-0.05, 0) is 30.5 Å². The van der Waals surface area contributed by atoms with Gasteiger partial charge in [0.05, 0.1) is 6.54 Å². The Kier molecular flexibility index (Phi) is 7.13. The van der Waals surface area contributed by atoms with Gasteiger partial charge in [-0.1, -0.05) is 80.1 Å². The molecule has 0 saturated heterocycles. The van der Waals surface area contributed by atoms with Crippen LogP contribution in [0.5, 0.6) is 0 Å². The highest BCUT2D eigenvalue weighted by Gasteiger charge is 2.17. The normalized spacial score (nSPS) is 15.7. The summed E-state index contributed by atoms with van der Waals surface area (Å²) >= 11 is 6.21. The van der Waals surface area contributed by atoms with Gasteiger partial charge in [0.1, 0.15) is 17.2 Å². The van der Waals surface area contributed by atoms with E-state index < -0.39 is 0 Å². The third-order valence-electron chi connectivity index (χ3n) is 5.76. The average molecular weight is 427 g/mol. The molecule has 4 nitrogen and oxygen atoms in total. The molecule has 1 saturated carbocycles. The number of rotatable bonds is 6. The molecule has 158 valence electrons. The number of nitrogens with zero attached hydrogens (tertiary/aromatic N) is 3. The number of nitrogens with one attached hydrogen (secondary N) is 1. The average Bonchev–Trinajstić information content (AvgIpc) is 3.13. The largest absolute Gasteiger partial charge is 0.308 e. The highest BCUT2D eigenvalue weighted by molar-refractivity contribution is 6.31. The molecule has 0 atom stereocenters. The molecule has 0 unspecified atom stereocenters. The maximum atomic E-state index is 13.4. The minimum absolute atomic E-state index is 0.341. The van der Waals surface area contributed by atoms with E-state index in [2.05, 4.69) is 17.4 Å². The summed E-state index contributed by atoms with van der Waals surface area (Å²) < 4.78 is 13.4. The van der Waals surface area contributed by atoms with Crippen LogP contribution >= 0.6 is 11.6 Å². The molecule has 0 bridgehead atoms. The second kappa shape index (κ2) is 10.2. The predicted octanol–water partition coefficient (Wildman–Crippen LogP) is 5.99. The van der Waals surface area contributed by atoms with Gasteiger partial charge in [0.25, 0.3) is 0 Å². The molecule has 1 aliphatic carbocycles. The highest BCUT2D eigenvalue weighted by atomic mass is 35.5. The molecular weight excluding hydrogens is 399 g/mol. The Morgan fingerprint density at radius 3 is 2.43 bits per heavy atom. The smallest absolute Gasteiger partial charge is 0.124 e. The van der Waals surface area contributed by atoms with Crippen LogP contribution in [0.4, 0.5) is 4.39 Å². The second-order valence-electron chi connectivity index (χ2n) is 8.05. The molecule has 1 aromatic heterocycles. The van der Waals surface area contributed by atoms with Crippen molar-refractivity contribution in [3.8, 4) is 11.3 Å². The first-order valence-corrected chi connectivity index (χ1v) is 11.2. The first kappa shape index (κ1) is 21.0. The van der Waals surface area contributed by atoms with Gasteiger partial charge in [-0.3, -0.25) is 0 Å². The predicted molar refractivity (Wildman–Crippen MR) is 119 cm³/mol. The lowest BCUT2D eigenvalue weighted by molar-refractivity contribution is 0.387. The third kappa shape index (κ3) is 5.46. The minimum atomic E-state index is -0.341. The van der Waals surface area contributed by atoms with Crippen LogP contribution in [0.1, 0.15) is 56.2 Å². The number of hydrogen-bond acceptors (Lipinski definition) is 3. The van der Waals surface area contributed by atoms with Crippen LogP contribution in [0.2, 0.25) is 5.02 Å². The van der Waals surface area contributed by atoms with Crippen LogP contribution in [0.3, 0.4) is 0 Å². The van der Waals surface area contributed by atoms with E-state index in [0.717, 1.165) is 22.5 Å². The molecule has 3 aromatic rings. The van der Waals surface area contributed by atoms with Crippen molar-refractivity contribution >= 4 is 11.6 Å². The van der Waals surface area contributed by atoms with E-state index in [1.165, 1.54) is 57.1 Å². The Balaban J connectivity index is 1.54. The Morgan fingerprint density at radius 2 is 1.70 bits per heavy atom. The molecule has 1 heterocycles. The van der Waals surface area contributed by atoms with Gasteiger partial charge in [-0.15, -0.1) is 0 Å². The van der Waals surface area contributed by atoms with Crippen molar-refractivity contribution in [2.75, 3.05) is 0 Å². The lowest BCUT2D eigenvalue weighted by Crippen LogP contribution is -2.29. The second-order valence-corrected chi connectivity index (χ2v) is 8.46. The summed E-state index contributed by atoms with van der Waals surface area (Å²) in [6, 6.07) is 15.1. The zero-order chi connectivity index (χ0) is 20.8. The molecule has 6 heteroatoms. The fourth-order valence-electron chi connectivity index (χ4n) is 4.10. The maximum Gasteiger partial charge on any atom is 0.124 e. The fourth-order valence-corrected chi connectivity index (χ4v) is 4.32. The van der Waals surface area contributed by atoms with Crippen molar-refractivity contribution in [3.63, 3.8) is 0 Å². The number of hydrogen-bond donors (Lipinski definition) is 1. The van der Waals surface area contributed by atoms with Crippen LogP contribution in [-0.4, -0.2) is 21.0 Å². The first-order valence-electron chi connectivity index (χ1n) is 10.9. The van der Waals surface area contributed by atoms with E-state index >= 15 is 0 Å². The Hall–Kier alpha value is -2.24. The number of benzene rings is 2. The fraction of sp³-hybridized carbons (Fsp3) is 0.417. The molecule has 2 aromatic carbocycles. The summed E-state index contributed by atoms with van der Waals surface area (Å²) in [5, 5.41) is 13.6. The van der Waals surface area contributed by atoms with Crippen molar-refractivity contribution in [2.24, 2.45) is 0 Å². The van der Waals surface area contributed by atoms with E-state index in [-0.39, 0.29) is 5.82 Å².